The first kappa shape index (κ1) is 15.6. The van der Waals surface area contributed by atoms with E-state index in [2.05, 4.69) is 27.5 Å². The van der Waals surface area contributed by atoms with Crippen LogP contribution in [0.25, 0.3) is 0 Å². The predicted molar refractivity (Wildman–Crippen MR) is 87.1 cm³/mol. The Balaban J connectivity index is 1.98. The molecule has 0 aliphatic heterocycles. The Labute approximate surface area is 135 Å². The van der Waals surface area contributed by atoms with Crippen molar-refractivity contribution in [1.29, 1.82) is 0 Å². The van der Waals surface area contributed by atoms with E-state index in [1.807, 2.05) is 0 Å². The van der Waals surface area contributed by atoms with E-state index in [9.17, 15) is 4.79 Å². The Kier molecular flexibility index (Phi) is 5.42. The van der Waals surface area contributed by atoms with Crippen LogP contribution < -0.4 is 16.4 Å². The highest BCUT2D eigenvalue weighted by molar-refractivity contribution is 7.16. The molecule has 2 aromatic rings. The van der Waals surface area contributed by atoms with Crippen molar-refractivity contribution in [3.8, 4) is 11.8 Å². The second kappa shape index (κ2) is 7.29. The lowest BCUT2D eigenvalue weighted by Gasteiger charge is -2.06. The third-order valence-corrected chi connectivity index (χ3v) is 3.78. The van der Waals surface area contributed by atoms with E-state index >= 15 is 0 Å². The maximum atomic E-state index is 11.8. The van der Waals surface area contributed by atoms with Crippen LogP contribution in [0.2, 0.25) is 10.0 Å². The Morgan fingerprint density at radius 1 is 1.33 bits per heavy atom. The van der Waals surface area contributed by atoms with Crippen molar-refractivity contribution in [3.05, 3.63) is 39.3 Å². The summed E-state index contributed by atoms with van der Waals surface area (Å²) in [6.07, 6.45) is 1.57. The van der Waals surface area contributed by atoms with Crippen LogP contribution in [0, 0.1) is 11.8 Å². The monoisotopic (exact) mass is 340 g/mol. The van der Waals surface area contributed by atoms with Gasteiger partial charge in [0.1, 0.15) is 0 Å². The summed E-state index contributed by atoms with van der Waals surface area (Å²) in [4.78, 5) is 16.6. The molecule has 5 nitrogen and oxygen atoms in total. The number of aromatic nitrogens is 1. The van der Waals surface area contributed by atoms with E-state index in [1.165, 1.54) is 11.3 Å². The van der Waals surface area contributed by atoms with Gasteiger partial charge in [-0.3, -0.25) is 5.32 Å². The van der Waals surface area contributed by atoms with Gasteiger partial charge < -0.3 is 11.1 Å². The molecule has 8 heteroatoms. The highest BCUT2D eigenvalue weighted by Gasteiger charge is 2.07. The Hall–Kier alpha value is -1.78. The molecule has 0 aliphatic carbocycles. The van der Waals surface area contributed by atoms with E-state index < -0.39 is 6.03 Å². The van der Waals surface area contributed by atoms with Crippen molar-refractivity contribution in [2.24, 2.45) is 5.73 Å². The minimum atomic E-state index is -0.430. The molecule has 0 saturated carbocycles. The summed E-state index contributed by atoms with van der Waals surface area (Å²) in [6.45, 7) is 0.276. The van der Waals surface area contributed by atoms with Crippen LogP contribution in [0.5, 0.6) is 0 Å². The number of rotatable bonds is 2. The minimum Gasteiger partial charge on any atom is -0.320 e. The Morgan fingerprint density at radius 2 is 2.14 bits per heavy atom. The lowest BCUT2D eigenvalue weighted by molar-refractivity contribution is 0.262. The SMILES string of the molecule is NCC#Cc1cnc(NC(=O)Nc2ccc(Cl)c(Cl)c2)s1. The first-order chi connectivity index (χ1) is 10.1. The van der Waals surface area contributed by atoms with Crippen molar-refractivity contribution in [1.82, 2.24) is 4.98 Å². The highest BCUT2D eigenvalue weighted by Crippen LogP contribution is 2.25. The zero-order valence-electron chi connectivity index (χ0n) is 10.6. The molecule has 1 heterocycles. The number of hydrogen-bond acceptors (Lipinski definition) is 4. The van der Waals surface area contributed by atoms with Gasteiger partial charge in [-0.05, 0) is 18.2 Å². The first-order valence-corrected chi connectivity index (χ1v) is 7.33. The minimum absolute atomic E-state index is 0.276. The molecule has 0 spiro atoms. The number of nitrogens with two attached hydrogens (primary N) is 1. The Morgan fingerprint density at radius 3 is 2.86 bits per heavy atom. The number of nitrogens with zero attached hydrogens (tertiary/aromatic N) is 1. The van der Waals surface area contributed by atoms with Crippen LogP contribution in [0.1, 0.15) is 4.88 Å². The zero-order chi connectivity index (χ0) is 15.2. The normalized spacial score (nSPS) is 9.67. The zero-order valence-corrected chi connectivity index (χ0v) is 12.9. The van der Waals surface area contributed by atoms with Gasteiger partial charge in [0.15, 0.2) is 5.13 Å². The third-order valence-electron chi connectivity index (χ3n) is 2.22. The van der Waals surface area contributed by atoms with Gasteiger partial charge in [0.2, 0.25) is 0 Å². The molecule has 0 bridgehead atoms. The topological polar surface area (TPSA) is 80.0 Å². The fourth-order valence-corrected chi connectivity index (χ4v) is 2.35. The summed E-state index contributed by atoms with van der Waals surface area (Å²) in [5.41, 5.74) is 5.81. The summed E-state index contributed by atoms with van der Waals surface area (Å²) < 4.78 is 0. The molecule has 0 radical (unpaired) electrons. The molecule has 0 unspecified atom stereocenters. The number of carbonyl (C=O) groups is 1. The number of amides is 2. The standard InChI is InChI=1S/C13H10Cl2N4OS/c14-10-4-3-8(6-11(10)15)18-12(20)19-13-17-7-9(21-13)2-1-5-16/h3-4,6-7H,5,16H2,(H2,17,18,19,20). The highest BCUT2D eigenvalue weighted by atomic mass is 35.5. The summed E-state index contributed by atoms with van der Waals surface area (Å²) in [7, 11) is 0. The lowest BCUT2D eigenvalue weighted by Crippen LogP contribution is -2.19. The van der Waals surface area contributed by atoms with E-state index in [0.717, 1.165) is 4.88 Å². The van der Waals surface area contributed by atoms with Gasteiger partial charge in [0.25, 0.3) is 0 Å². The van der Waals surface area contributed by atoms with Crippen LogP contribution in [-0.2, 0) is 0 Å². The summed E-state index contributed by atoms with van der Waals surface area (Å²) in [6, 6.07) is 4.38. The summed E-state index contributed by atoms with van der Waals surface area (Å²) in [5, 5.41) is 6.46. The van der Waals surface area contributed by atoms with Gasteiger partial charge in [-0.1, -0.05) is 46.4 Å². The number of hydrogen-bond donors (Lipinski definition) is 3. The number of anilines is 2. The molecule has 0 aliphatic rings. The molecule has 21 heavy (non-hydrogen) atoms. The molecule has 2 rings (SSSR count). The first-order valence-electron chi connectivity index (χ1n) is 5.76. The average molecular weight is 341 g/mol. The smallest absolute Gasteiger partial charge is 0.320 e. The molecule has 0 saturated heterocycles. The second-order valence-corrected chi connectivity index (χ2v) is 5.59. The quantitative estimate of drug-likeness (QED) is 0.733. The molecule has 4 N–H and O–H groups in total. The molecule has 0 fully saturated rings. The second-order valence-electron chi connectivity index (χ2n) is 3.74. The fourth-order valence-electron chi connectivity index (χ4n) is 1.36. The summed E-state index contributed by atoms with van der Waals surface area (Å²) >= 11 is 12.9. The Bertz CT molecular complexity index is 720. The van der Waals surface area contributed by atoms with Crippen molar-refractivity contribution >= 4 is 51.4 Å². The molecular weight excluding hydrogens is 331 g/mol. The van der Waals surface area contributed by atoms with Crippen molar-refractivity contribution in [2.75, 3.05) is 17.2 Å². The molecule has 0 atom stereocenters. The predicted octanol–water partition coefficient (Wildman–Crippen LogP) is 3.40. The lowest BCUT2D eigenvalue weighted by atomic mass is 10.3. The molecular formula is C13H10Cl2N4OS. The number of carbonyl (C=O) groups excluding carboxylic acids is 1. The van der Waals surface area contributed by atoms with E-state index in [1.54, 1.807) is 24.4 Å². The van der Waals surface area contributed by atoms with Crippen LogP contribution in [-0.4, -0.2) is 17.6 Å². The number of thiazole rings is 1. The van der Waals surface area contributed by atoms with Gasteiger partial charge in [0, 0.05) is 5.69 Å². The molecule has 2 amide bonds. The number of urea groups is 1. The number of benzene rings is 1. The van der Waals surface area contributed by atoms with Crippen LogP contribution in [0.15, 0.2) is 24.4 Å². The molecule has 108 valence electrons. The van der Waals surface area contributed by atoms with Crippen LogP contribution in [0.4, 0.5) is 15.6 Å². The van der Waals surface area contributed by atoms with Gasteiger partial charge >= 0.3 is 6.03 Å². The third kappa shape index (κ3) is 4.62. The summed E-state index contributed by atoms with van der Waals surface area (Å²) in [5.74, 6) is 5.55. The molecule has 1 aromatic carbocycles. The van der Waals surface area contributed by atoms with E-state index in [-0.39, 0.29) is 6.54 Å². The van der Waals surface area contributed by atoms with Gasteiger partial charge in [-0.25, -0.2) is 9.78 Å². The number of nitrogens with one attached hydrogen (secondary N) is 2. The van der Waals surface area contributed by atoms with E-state index in [4.69, 9.17) is 28.9 Å². The van der Waals surface area contributed by atoms with Crippen LogP contribution in [0.3, 0.4) is 0 Å². The largest absolute Gasteiger partial charge is 0.325 e. The average Bonchev–Trinajstić information content (AvgIpc) is 2.88. The number of halogens is 2. The maximum absolute atomic E-state index is 11.8. The van der Waals surface area contributed by atoms with Crippen molar-refractivity contribution < 1.29 is 4.79 Å². The van der Waals surface area contributed by atoms with Crippen molar-refractivity contribution in [3.63, 3.8) is 0 Å². The van der Waals surface area contributed by atoms with Crippen molar-refractivity contribution in [2.45, 2.75) is 0 Å². The van der Waals surface area contributed by atoms with Gasteiger partial charge in [-0.2, -0.15) is 0 Å². The van der Waals surface area contributed by atoms with Gasteiger partial charge in [-0.15, -0.1) is 0 Å². The van der Waals surface area contributed by atoms with Gasteiger partial charge in [0.05, 0.1) is 27.7 Å². The fraction of sp³-hybridized carbons (Fsp3) is 0.0769. The maximum Gasteiger partial charge on any atom is 0.325 e. The van der Waals surface area contributed by atoms with Crippen LogP contribution >= 0.6 is 34.5 Å². The molecule has 1 aromatic heterocycles. The van der Waals surface area contributed by atoms with E-state index in [0.29, 0.717) is 20.9 Å².